The van der Waals surface area contributed by atoms with Crippen molar-refractivity contribution in [2.75, 3.05) is 12.3 Å². The van der Waals surface area contributed by atoms with Crippen molar-refractivity contribution in [3.8, 4) is 0 Å². The Bertz CT molecular complexity index is 1020. The van der Waals surface area contributed by atoms with E-state index in [2.05, 4.69) is 29.6 Å². The van der Waals surface area contributed by atoms with Gasteiger partial charge in [-0.2, -0.15) is 11.8 Å². The SMILES string of the molecule is O=C(NCCc1ccccc1)[C@H](CSCc1ccccc1)N1Cc2ccccc2C1=O. The zero-order valence-electron chi connectivity index (χ0n) is 17.4. The normalized spacial score (nSPS) is 13.7. The summed E-state index contributed by atoms with van der Waals surface area (Å²) in [5.74, 6) is 1.23. The Morgan fingerprint density at radius 3 is 2.26 bits per heavy atom. The van der Waals surface area contributed by atoms with Crippen molar-refractivity contribution in [1.82, 2.24) is 10.2 Å². The van der Waals surface area contributed by atoms with E-state index >= 15 is 0 Å². The van der Waals surface area contributed by atoms with Crippen molar-refractivity contribution in [1.29, 1.82) is 0 Å². The smallest absolute Gasteiger partial charge is 0.255 e. The van der Waals surface area contributed by atoms with Gasteiger partial charge in [0.2, 0.25) is 5.91 Å². The molecule has 0 aromatic heterocycles. The molecular formula is C26H26N2O2S. The molecule has 1 aliphatic heterocycles. The lowest BCUT2D eigenvalue weighted by Gasteiger charge is -2.27. The Balaban J connectivity index is 1.41. The lowest BCUT2D eigenvalue weighted by molar-refractivity contribution is -0.124. The van der Waals surface area contributed by atoms with Gasteiger partial charge < -0.3 is 10.2 Å². The predicted octanol–water partition coefficient (Wildman–Crippen LogP) is 4.30. The van der Waals surface area contributed by atoms with Gasteiger partial charge in [-0.05, 0) is 29.2 Å². The maximum atomic E-state index is 13.1. The second kappa shape index (κ2) is 10.3. The second-order valence-corrected chi connectivity index (χ2v) is 8.66. The Hall–Kier alpha value is -3.05. The highest BCUT2D eigenvalue weighted by molar-refractivity contribution is 7.98. The Morgan fingerprint density at radius 2 is 1.55 bits per heavy atom. The Labute approximate surface area is 187 Å². The number of amides is 2. The molecule has 0 aliphatic carbocycles. The molecule has 3 aromatic carbocycles. The van der Waals surface area contributed by atoms with Gasteiger partial charge in [-0.1, -0.05) is 78.9 Å². The van der Waals surface area contributed by atoms with Gasteiger partial charge in [0.05, 0.1) is 0 Å². The molecule has 1 aliphatic rings. The molecule has 4 rings (SSSR count). The summed E-state index contributed by atoms with van der Waals surface area (Å²) in [6.45, 7) is 1.04. The maximum Gasteiger partial charge on any atom is 0.255 e. The molecular weight excluding hydrogens is 404 g/mol. The summed E-state index contributed by atoms with van der Waals surface area (Å²) in [4.78, 5) is 27.9. The minimum absolute atomic E-state index is 0.0564. The zero-order valence-corrected chi connectivity index (χ0v) is 18.2. The highest BCUT2D eigenvalue weighted by atomic mass is 32.2. The van der Waals surface area contributed by atoms with Gasteiger partial charge >= 0.3 is 0 Å². The Kier molecular flexibility index (Phi) is 7.05. The van der Waals surface area contributed by atoms with Crippen molar-refractivity contribution in [2.24, 2.45) is 0 Å². The molecule has 4 nitrogen and oxygen atoms in total. The summed E-state index contributed by atoms with van der Waals surface area (Å²) >= 11 is 1.69. The molecule has 0 fully saturated rings. The number of hydrogen-bond acceptors (Lipinski definition) is 3. The van der Waals surface area contributed by atoms with Gasteiger partial charge in [-0.3, -0.25) is 9.59 Å². The fourth-order valence-electron chi connectivity index (χ4n) is 3.79. The first kappa shape index (κ1) is 21.2. The number of rotatable bonds is 9. The number of thioether (sulfide) groups is 1. The fraction of sp³-hybridized carbons (Fsp3) is 0.231. The molecule has 158 valence electrons. The van der Waals surface area contributed by atoms with Crippen LogP contribution in [0.15, 0.2) is 84.9 Å². The first-order valence-electron chi connectivity index (χ1n) is 10.5. The molecule has 0 saturated carbocycles. The van der Waals surface area contributed by atoms with Crippen LogP contribution in [0.25, 0.3) is 0 Å². The third-order valence-electron chi connectivity index (χ3n) is 5.47. The first-order valence-corrected chi connectivity index (χ1v) is 11.7. The van der Waals surface area contributed by atoms with Gasteiger partial charge in [0.15, 0.2) is 0 Å². The summed E-state index contributed by atoms with van der Waals surface area (Å²) in [7, 11) is 0. The summed E-state index contributed by atoms with van der Waals surface area (Å²) in [6.07, 6.45) is 0.768. The summed E-state index contributed by atoms with van der Waals surface area (Å²) in [6, 6.07) is 27.4. The van der Waals surface area contributed by atoms with Crippen LogP contribution in [0, 0.1) is 0 Å². The number of nitrogens with one attached hydrogen (secondary N) is 1. The van der Waals surface area contributed by atoms with Crippen LogP contribution in [0.2, 0.25) is 0 Å². The van der Waals surface area contributed by atoms with Crippen LogP contribution in [-0.4, -0.2) is 35.1 Å². The number of fused-ring (bicyclic) bond motifs is 1. The molecule has 0 spiro atoms. The number of nitrogens with zero attached hydrogens (tertiary/aromatic N) is 1. The van der Waals surface area contributed by atoms with E-state index in [-0.39, 0.29) is 11.8 Å². The maximum absolute atomic E-state index is 13.1. The lowest BCUT2D eigenvalue weighted by atomic mass is 10.1. The molecule has 0 unspecified atom stereocenters. The summed E-state index contributed by atoms with van der Waals surface area (Å²) < 4.78 is 0. The van der Waals surface area contributed by atoms with Crippen LogP contribution >= 0.6 is 11.8 Å². The molecule has 1 atom stereocenters. The van der Waals surface area contributed by atoms with Crippen LogP contribution in [-0.2, 0) is 23.5 Å². The van der Waals surface area contributed by atoms with E-state index in [9.17, 15) is 9.59 Å². The van der Waals surface area contributed by atoms with Crippen molar-refractivity contribution in [2.45, 2.75) is 24.8 Å². The van der Waals surface area contributed by atoms with Crippen LogP contribution in [0.5, 0.6) is 0 Å². The van der Waals surface area contributed by atoms with Crippen LogP contribution in [0.4, 0.5) is 0 Å². The van der Waals surface area contributed by atoms with E-state index in [1.165, 1.54) is 11.1 Å². The van der Waals surface area contributed by atoms with Crippen LogP contribution in [0.3, 0.4) is 0 Å². The van der Waals surface area contributed by atoms with Crippen LogP contribution < -0.4 is 5.32 Å². The van der Waals surface area contributed by atoms with Crippen molar-refractivity contribution in [3.63, 3.8) is 0 Å². The minimum Gasteiger partial charge on any atom is -0.354 e. The molecule has 31 heavy (non-hydrogen) atoms. The lowest BCUT2D eigenvalue weighted by Crippen LogP contribution is -2.49. The molecule has 0 saturated heterocycles. The number of hydrogen-bond donors (Lipinski definition) is 1. The quantitative estimate of drug-likeness (QED) is 0.551. The van der Waals surface area contributed by atoms with Gasteiger partial charge in [0, 0.05) is 30.2 Å². The van der Waals surface area contributed by atoms with Gasteiger partial charge in [0.1, 0.15) is 6.04 Å². The molecule has 5 heteroatoms. The van der Waals surface area contributed by atoms with E-state index in [1.54, 1.807) is 16.7 Å². The van der Waals surface area contributed by atoms with Gasteiger partial charge in [-0.25, -0.2) is 0 Å². The fourth-order valence-corrected chi connectivity index (χ4v) is 4.89. The Morgan fingerprint density at radius 1 is 0.903 bits per heavy atom. The summed E-state index contributed by atoms with van der Waals surface area (Å²) in [5.41, 5.74) is 4.09. The monoisotopic (exact) mass is 430 g/mol. The van der Waals surface area contributed by atoms with E-state index in [0.29, 0.717) is 24.4 Å². The zero-order chi connectivity index (χ0) is 21.5. The van der Waals surface area contributed by atoms with E-state index in [0.717, 1.165) is 17.7 Å². The highest BCUT2D eigenvalue weighted by Gasteiger charge is 2.35. The second-order valence-electron chi connectivity index (χ2n) is 7.63. The predicted molar refractivity (Wildman–Crippen MR) is 126 cm³/mol. The van der Waals surface area contributed by atoms with Crippen LogP contribution in [0.1, 0.15) is 27.0 Å². The van der Waals surface area contributed by atoms with E-state index in [1.807, 2.05) is 60.7 Å². The topological polar surface area (TPSA) is 49.4 Å². The third kappa shape index (κ3) is 5.36. The van der Waals surface area contributed by atoms with Crippen molar-refractivity contribution >= 4 is 23.6 Å². The first-order chi connectivity index (χ1) is 15.2. The average Bonchev–Trinajstić information content (AvgIpc) is 3.14. The molecule has 1 heterocycles. The molecule has 3 aromatic rings. The third-order valence-corrected chi connectivity index (χ3v) is 6.56. The molecule has 0 bridgehead atoms. The van der Waals surface area contributed by atoms with Crippen molar-refractivity contribution in [3.05, 3.63) is 107 Å². The van der Waals surface area contributed by atoms with Gasteiger partial charge in [-0.15, -0.1) is 0 Å². The minimum atomic E-state index is -0.496. The van der Waals surface area contributed by atoms with E-state index in [4.69, 9.17) is 0 Å². The van der Waals surface area contributed by atoms with E-state index < -0.39 is 6.04 Å². The average molecular weight is 431 g/mol. The number of benzene rings is 3. The van der Waals surface area contributed by atoms with Gasteiger partial charge in [0.25, 0.3) is 5.91 Å². The molecule has 0 radical (unpaired) electrons. The summed E-state index contributed by atoms with van der Waals surface area (Å²) in [5, 5.41) is 3.06. The molecule has 2 amide bonds. The standard InChI is InChI=1S/C26H26N2O2S/c29-25(27-16-15-20-9-3-1-4-10-20)24(19-31-18-21-11-5-2-6-12-21)28-17-22-13-7-8-14-23(22)26(28)30/h1-14,24H,15-19H2,(H,27,29)/t24-/m0/s1. The number of carbonyl (C=O) groups excluding carboxylic acids is 2. The number of carbonyl (C=O) groups is 2. The largest absolute Gasteiger partial charge is 0.354 e. The molecule has 1 N–H and O–H groups in total. The highest BCUT2D eigenvalue weighted by Crippen LogP contribution is 2.26. The van der Waals surface area contributed by atoms with Crippen molar-refractivity contribution < 1.29 is 9.59 Å².